The zero-order valence-corrected chi connectivity index (χ0v) is 26.6. The van der Waals surface area contributed by atoms with Crippen LogP contribution in [-0.2, 0) is 30.2 Å². The summed E-state index contributed by atoms with van der Waals surface area (Å²) >= 11 is 0. The van der Waals surface area contributed by atoms with Crippen molar-refractivity contribution in [3.05, 3.63) is 95.6 Å². The van der Waals surface area contributed by atoms with E-state index in [1.807, 2.05) is 89.2 Å². The van der Waals surface area contributed by atoms with Crippen molar-refractivity contribution in [1.82, 2.24) is 10.2 Å². The molecular weight excluding hydrogens is 556 g/mol. The fourth-order valence-corrected chi connectivity index (χ4v) is 5.42. The maximum absolute atomic E-state index is 14.1. The second-order valence-corrected chi connectivity index (χ2v) is 11.8. The first-order chi connectivity index (χ1) is 21.2. The van der Waals surface area contributed by atoms with Gasteiger partial charge in [-0.2, -0.15) is 0 Å². The Kier molecular flexibility index (Phi) is 11.9. The standard InChI is InChI=1S/C36H46N2O6/c1-6-41-33(42-7-2)23-38(22-21-26-15-9-8-10-16-26)34(39)32(25-44-36(3,4)5)37-35(40)43-24-31-29-19-13-11-17-27(29)28-18-12-14-20-30(28)31/h8-20,31-33H,6-7,21-25H2,1-5H3,(H,37,40). The third-order valence-electron chi connectivity index (χ3n) is 7.52. The molecular formula is C36H46N2O6. The van der Waals surface area contributed by atoms with Gasteiger partial charge in [-0.15, -0.1) is 0 Å². The van der Waals surface area contributed by atoms with Crippen molar-refractivity contribution in [2.45, 2.75) is 64.9 Å². The molecule has 8 nitrogen and oxygen atoms in total. The Balaban J connectivity index is 1.50. The van der Waals surface area contributed by atoms with Crippen LogP contribution in [0.15, 0.2) is 78.9 Å². The van der Waals surface area contributed by atoms with Crippen LogP contribution < -0.4 is 5.32 Å². The van der Waals surface area contributed by atoms with Crippen molar-refractivity contribution in [2.75, 3.05) is 39.5 Å². The minimum Gasteiger partial charge on any atom is -0.449 e. The molecule has 4 rings (SSSR count). The first-order valence-electron chi connectivity index (χ1n) is 15.5. The topological polar surface area (TPSA) is 86.3 Å². The zero-order valence-electron chi connectivity index (χ0n) is 26.6. The molecule has 1 aliphatic rings. The molecule has 0 spiro atoms. The molecule has 0 aliphatic heterocycles. The average Bonchev–Trinajstić information content (AvgIpc) is 3.33. The summed E-state index contributed by atoms with van der Waals surface area (Å²) in [4.78, 5) is 29.1. The summed E-state index contributed by atoms with van der Waals surface area (Å²) in [7, 11) is 0. The van der Waals surface area contributed by atoms with Crippen molar-refractivity contribution >= 4 is 12.0 Å². The van der Waals surface area contributed by atoms with Crippen LogP contribution in [0, 0.1) is 0 Å². The molecule has 8 heteroatoms. The van der Waals surface area contributed by atoms with Gasteiger partial charge < -0.3 is 29.2 Å². The molecule has 1 atom stereocenters. The van der Waals surface area contributed by atoms with E-state index in [1.165, 1.54) is 0 Å². The largest absolute Gasteiger partial charge is 0.449 e. The molecule has 0 radical (unpaired) electrons. The molecule has 1 unspecified atom stereocenters. The summed E-state index contributed by atoms with van der Waals surface area (Å²) in [5, 5.41) is 2.82. The van der Waals surface area contributed by atoms with Crippen molar-refractivity contribution in [2.24, 2.45) is 0 Å². The van der Waals surface area contributed by atoms with Crippen LogP contribution in [0.4, 0.5) is 4.79 Å². The lowest BCUT2D eigenvalue weighted by molar-refractivity contribution is -0.161. The number of fused-ring (bicyclic) bond motifs is 3. The van der Waals surface area contributed by atoms with E-state index in [1.54, 1.807) is 4.90 Å². The number of nitrogens with one attached hydrogen (secondary N) is 1. The minimum absolute atomic E-state index is 0.0116. The van der Waals surface area contributed by atoms with Crippen LogP contribution in [0.2, 0.25) is 0 Å². The number of carbonyl (C=O) groups is 2. The molecule has 236 valence electrons. The first-order valence-corrected chi connectivity index (χ1v) is 15.5. The maximum atomic E-state index is 14.1. The van der Waals surface area contributed by atoms with Crippen molar-refractivity contribution in [3.63, 3.8) is 0 Å². The first kappa shape index (κ1) is 33.2. The van der Waals surface area contributed by atoms with Crippen LogP contribution in [0.5, 0.6) is 0 Å². The fraction of sp³-hybridized carbons (Fsp3) is 0.444. The third kappa shape index (κ3) is 9.14. The summed E-state index contributed by atoms with van der Waals surface area (Å²) in [6.45, 7) is 11.2. The highest BCUT2D eigenvalue weighted by Gasteiger charge is 2.32. The molecule has 0 fully saturated rings. The molecule has 3 aromatic rings. The van der Waals surface area contributed by atoms with Gasteiger partial charge in [-0.3, -0.25) is 4.79 Å². The number of alkyl carbamates (subject to hydrolysis) is 1. The number of nitrogens with zero attached hydrogens (tertiary/aromatic N) is 1. The molecule has 0 heterocycles. The van der Waals surface area contributed by atoms with Crippen LogP contribution in [0.1, 0.15) is 57.2 Å². The summed E-state index contributed by atoms with van der Waals surface area (Å²) in [6.07, 6.45) is -0.629. The number of benzene rings is 3. The fourth-order valence-electron chi connectivity index (χ4n) is 5.42. The molecule has 0 saturated carbocycles. The second kappa shape index (κ2) is 15.8. The van der Waals surface area contributed by atoms with Gasteiger partial charge >= 0.3 is 6.09 Å². The van der Waals surface area contributed by atoms with Crippen molar-refractivity contribution < 1.29 is 28.5 Å². The number of hydrogen-bond acceptors (Lipinski definition) is 6. The Morgan fingerprint density at radius 3 is 1.98 bits per heavy atom. The van der Waals surface area contributed by atoms with E-state index < -0.39 is 24.0 Å². The molecule has 3 aromatic carbocycles. The highest BCUT2D eigenvalue weighted by Crippen LogP contribution is 2.44. The average molecular weight is 603 g/mol. The zero-order chi connectivity index (χ0) is 31.5. The lowest BCUT2D eigenvalue weighted by Gasteiger charge is -2.32. The van der Waals surface area contributed by atoms with Gasteiger partial charge in [0.25, 0.3) is 0 Å². The van der Waals surface area contributed by atoms with E-state index in [0.717, 1.165) is 27.8 Å². The monoisotopic (exact) mass is 602 g/mol. The van der Waals surface area contributed by atoms with Crippen molar-refractivity contribution in [1.29, 1.82) is 0 Å². The Morgan fingerprint density at radius 1 is 0.841 bits per heavy atom. The van der Waals surface area contributed by atoms with Crippen LogP contribution in [0.25, 0.3) is 11.1 Å². The number of hydrogen-bond donors (Lipinski definition) is 1. The lowest BCUT2D eigenvalue weighted by Crippen LogP contribution is -2.54. The second-order valence-electron chi connectivity index (χ2n) is 11.8. The number of carbonyl (C=O) groups excluding carboxylic acids is 2. The highest BCUT2D eigenvalue weighted by atomic mass is 16.7. The van der Waals surface area contributed by atoms with Crippen molar-refractivity contribution in [3.8, 4) is 11.1 Å². The molecule has 0 bridgehead atoms. The Hall–Kier alpha value is -3.72. The minimum atomic E-state index is -0.968. The van der Waals surface area contributed by atoms with E-state index in [2.05, 4.69) is 29.6 Å². The van der Waals surface area contributed by atoms with E-state index in [4.69, 9.17) is 18.9 Å². The summed E-state index contributed by atoms with van der Waals surface area (Å²) in [6, 6.07) is 25.4. The van der Waals surface area contributed by atoms with Gasteiger partial charge in [0.1, 0.15) is 12.6 Å². The smallest absolute Gasteiger partial charge is 0.407 e. The van der Waals surface area contributed by atoms with Gasteiger partial charge in [-0.05, 0) is 68.9 Å². The quantitative estimate of drug-likeness (QED) is 0.209. The van der Waals surface area contributed by atoms with Gasteiger partial charge in [0.05, 0.1) is 18.8 Å². The Morgan fingerprint density at radius 2 is 1.41 bits per heavy atom. The lowest BCUT2D eigenvalue weighted by atomic mass is 9.98. The number of amides is 2. The molecule has 44 heavy (non-hydrogen) atoms. The Bertz CT molecular complexity index is 1300. The predicted molar refractivity (Wildman–Crippen MR) is 171 cm³/mol. The van der Waals surface area contributed by atoms with E-state index >= 15 is 0 Å². The highest BCUT2D eigenvalue weighted by molar-refractivity contribution is 5.86. The number of rotatable bonds is 15. The van der Waals surface area contributed by atoms with Crippen LogP contribution in [0.3, 0.4) is 0 Å². The van der Waals surface area contributed by atoms with Crippen LogP contribution in [-0.4, -0.2) is 74.4 Å². The molecule has 0 aromatic heterocycles. The van der Waals surface area contributed by atoms with E-state index in [9.17, 15) is 9.59 Å². The van der Waals surface area contributed by atoms with Gasteiger partial charge in [-0.1, -0.05) is 78.9 Å². The van der Waals surface area contributed by atoms with Gasteiger partial charge in [-0.25, -0.2) is 4.79 Å². The maximum Gasteiger partial charge on any atom is 0.407 e. The third-order valence-corrected chi connectivity index (χ3v) is 7.52. The number of ether oxygens (including phenoxy) is 4. The van der Waals surface area contributed by atoms with E-state index in [-0.39, 0.29) is 31.6 Å². The van der Waals surface area contributed by atoms with E-state index in [0.29, 0.717) is 26.2 Å². The summed E-state index contributed by atoms with van der Waals surface area (Å²) < 4.78 is 23.4. The van der Waals surface area contributed by atoms with Gasteiger partial charge in [0.15, 0.2) is 6.29 Å². The van der Waals surface area contributed by atoms with Gasteiger partial charge in [0, 0.05) is 25.7 Å². The molecule has 1 aliphatic carbocycles. The summed E-state index contributed by atoms with van der Waals surface area (Å²) in [5.74, 6) is -0.378. The normalized spacial score (nSPS) is 13.3. The molecule has 2 amide bonds. The van der Waals surface area contributed by atoms with Crippen LogP contribution >= 0.6 is 0 Å². The van der Waals surface area contributed by atoms with Gasteiger partial charge in [0.2, 0.25) is 5.91 Å². The molecule has 1 N–H and O–H groups in total. The predicted octanol–water partition coefficient (Wildman–Crippen LogP) is 6.18. The SMILES string of the molecule is CCOC(CN(CCc1ccccc1)C(=O)C(COC(C)(C)C)NC(=O)OCC1c2ccccc2-c2ccccc21)OCC. The summed E-state index contributed by atoms with van der Waals surface area (Å²) in [5.41, 5.74) is 5.12. The Labute approximate surface area is 261 Å². The molecule has 0 saturated heterocycles.